The Bertz CT molecular complexity index is 113. The van der Waals surface area contributed by atoms with Crippen LogP contribution in [0.4, 0.5) is 0 Å². The standard InChI is InChI=1S/C5H8N2/c1-5-4-6-2-3-7-5/h2-4,6-7H,1H3. The molecule has 0 atom stereocenters. The zero-order valence-corrected chi connectivity index (χ0v) is 4.23. The Morgan fingerprint density at radius 3 is 2.57 bits per heavy atom. The summed E-state index contributed by atoms with van der Waals surface area (Å²) in [5, 5.41) is 5.93. The van der Waals surface area contributed by atoms with Gasteiger partial charge in [0.25, 0.3) is 0 Å². The zero-order valence-electron chi connectivity index (χ0n) is 4.23. The number of hydrogen-bond acceptors (Lipinski definition) is 2. The van der Waals surface area contributed by atoms with Gasteiger partial charge in [0.15, 0.2) is 0 Å². The molecule has 0 aliphatic carbocycles. The van der Waals surface area contributed by atoms with Gasteiger partial charge in [-0.25, -0.2) is 0 Å². The molecule has 0 fully saturated rings. The van der Waals surface area contributed by atoms with Crippen LogP contribution in [0.25, 0.3) is 0 Å². The van der Waals surface area contributed by atoms with E-state index >= 15 is 0 Å². The first-order valence-electron chi connectivity index (χ1n) is 2.24. The Labute approximate surface area is 42.9 Å². The quantitative estimate of drug-likeness (QED) is 0.459. The fraction of sp³-hybridized carbons (Fsp3) is 0.200. The molecule has 1 aliphatic rings. The van der Waals surface area contributed by atoms with Crippen LogP contribution in [0.15, 0.2) is 24.3 Å². The highest BCUT2D eigenvalue weighted by Gasteiger charge is 1.83. The van der Waals surface area contributed by atoms with Gasteiger partial charge in [0.1, 0.15) is 0 Å². The van der Waals surface area contributed by atoms with Crippen molar-refractivity contribution in [1.29, 1.82) is 0 Å². The van der Waals surface area contributed by atoms with E-state index in [1.165, 1.54) is 0 Å². The van der Waals surface area contributed by atoms with Crippen LogP contribution in [0, 0.1) is 0 Å². The number of hydrogen-bond donors (Lipinski definition) is 2. The van der Waals surface area contributed by atoms with Crippen LogP contribution in [0.3, 0.4) is 0 Å². The summed E-state index contributed by atoms with van der Waals surface area (Å²) < 4.78 is 0. The van der Waals surface area contributed by atoms with E-state index in [0.717, 1.165) is 5.70 Å². The smallest absolute Gasteiger partial charge is 0.0278 e. The lowest BCUT2D eigenvalue weighted by atomic mass is 10.5. The maximum atomic E-state index is 3.00. The van der Waals surface area contributed by atoms with Gasteiger partial charge in [0.05, 0.1) is 0 Å². The molecule has 0 aromatic carbocycles. The van der Waals surface area contributed by atoms with E-state index in [1.54, 1.807) is 0 Å². The lowest BCUT2D eigenvalue weighted by molar-refractivity contribution is 0.955. The molecule has 0 spiro atoms. The van der Waals surface area contributed by atoms with E-state index in [2.05, 4.69) is 10.6 Å². The highest BCUT2D eigenvalue weighted by atomic mass is 14.9. The largest absolute Gasteiger partial charge is 0.365 e. The summed E-state index contributed by atoms with van der Waals surface area (Å²) in [6, 6.07) is 0. The Morgan fingerprint density at radius 2 is 2.29 bits per heavy atom. The molecule has 2 N–H and O–H groups in total. The van der Waals surface area contributed by atoms with Gasteiger partial charge in [-0.05, 0) is 6.92 Å². The van der Waals surface area contributed by atoms with Crippen molar-refractivity contribution in [3.05, 3.63) is 24.3 Å². The van der Waals surface area contributed by atoms with E-state index < -0.39 is 0 Å². The molecule has 0 bridgehead atoms. The minimum atomic E-state index is 1.14. The van der Waals surface area contributed by atoms with E-state index in [-0.39, 0.29) is 0 Å². The molecule has 0 saturated carbocycles. The first-order valence-corrected chi connectivity index (χ1v) is 2.24. The monoisotopic (exact) mass is 96.1 g/mol. The number of rotatable bonds is 0. The van der Waals surface area contributed by atoms with Crippen molar-refractivity contribution in [2.45, 2.75) is 6.92 Å². The molecule has 0 aromatic heterocycles. The summed E-state index contributed by atoms with van der Waals surface area (Å²) in [7, 11) is 0. The molecule has 0 unspecified atom stereocenters. The first-order chi connectivity index (χ1) is 3.39. The summed E-state index contributed by atoms with van der Waals surface area (Å²) in [6.07, 6.45) is 5.60. The van der Waals surface area contributed by atoms with Gasteiger partial charge in [0, 0.05) is 24.3 Å². The van der Waals surface area contributed by atoms with Crippen LogP contribution in [-0.2, 0) is 0 Å². The van der Waals surface area contributed by atoms with Crippen molar-refractivity contribution >= 4 is 0 Å². The molecular weight excluding hydrogens is 88.1 g/mol. The highest BCUT2D eigenvalue weighted by molar-refractivity contribution is 5.05. The number of allylic oxidation sites excluding steroid dienone is 1. The fourth-order valence-electron chi connectivity index (χ4n) is 0.436. The molecular formula is C5H8N2. The third kappa shape index (κ3) is 0.961. The predicted molar refractivity (Wildman–Crippen MR) is 29.2 cm³/mol. The van der Waals surface area contributed by atoms with Crippen molar-refractivity contribution in [3.63, 3.8) is 0 Å². The van der Waals surface area contributed by atoms with E-state index in [0.29, 0.717) is 0 Å². The molecule has 1 rings (SSSR count). The van der Waals surface area contributed by atoms with Crippen molar-refractivity contribution in [1.82, 2.24) is 10.6 Å². The Hall–Kier alpha value is -0.920. The van der Waals surface area contributed by atoms with Gasteiger partial charge >= 0.3 is 0 Å². The normalized spacial score (nSPS) is 17.0. The predicted octanol–water partition coefficient (Wildman–Crippen LogP) is 0.512. The zero-order chi connectivity index (χ0) is 5.11. The van der Waals surface area contributed by atoms with Crippen LogP contribution in [-0.4, -0.2) is 0 Å². The van der Waals surface area contributed by atoms with E-state index in [1.807, 2.05) is 25.5 Å². The second-order valence-corrected chi connectivity index (χ2v) is 1.47. The minimum Gasteiger partial charge on any atom is -0.365 e. The first kappa shape index (κ1) is 4.24. The summed E-state index contributed by atoms with van der Waals surface area (Å²) in [5.74, 6) is 0. The Morgan fingerprint density at radius 1 is 1.43 bits per heavy atom. The van der Waals surface area contributed by atoms with Crippen molar-refractivity contribution in [3.8, 4) is 0 Å². The second-order valence-electron chi connectivity index (χ2n) is 1.47. The van der Waals surface area contributed by atoms with Crippen LogP contribution in [0.1, 0.15) is 6.92 Å². The van der Waals surface area contributed by atoms with Crippen LogP contribution in [0.2, 0.25) is 0 Å². The highest BCUT2D eigenvalue weighted by Crippen LogP contribution is 1.86. The summed E-state index contributed by atoms with van der Waals surface area (Å²) >= 11 is 0. The van der Waals surface area contributed by atoms with Crippen LogP contribution < -0.4 is 10.6 Å². The van der Waals surface area contributed by atoms with Crippen molar-refractivity contribution in [2.24, 2.45) is 0 Å². The topological polar surface area (TPSA) is 24.1 Å². The van der Waals surface area contributed by atoms with Crippen LogP contribution >= 0.6 is 0 Å². The molecule has 0 aromatic rings. The molecule has 1 heterocycles. The molecule has 0 radical (unpaired) electrons. The van der Waals surface area contributed by atoms with Crippen molar-refractivity contribution in [2.75, 3.05) is 0 Å². The summed E-state index contributed by atoms with van der Waals surface area (Å²) in [5.41, 5.74) is 1.14. The molecule has 7 heavy (non-hydrogen) atoms. The van der Waals surface area contributed by atoms with E-state index in [9.17, 15) is 0 Å². The lowest BCUT2D eigenvalue weighted by Crippen LogP contribution is -2.11. The van der Waals surface area contributed by atoms with Crippen molar-refractivity contribution < 1.29 is 0 Å². The van der Waals surface area contributed by atoms with E-state index in [4.69, 9.17) is 0 Å². The van der Waals surface area contributed by atoms with Gasteiger partial charge in [-0.2, -0.15) is 0 Å². The summed E-state index contributed by atoms with van der Waals surface area (Å²) in [6.45, 7) is 2.00. The SMILES string of the molecule is CC1=CNC=CN1. The maximum Gasteiger partial charge on any atom is 0.0278 e. The van der Waals surface area contributed by atoms with Gasteiger partial charge in [-0.3, -0.25) is 0 Å². The lowest BCUT2D eigenvalue weighted by Gasteiger charge is -2.04. The Balaban J connectivity index is 2.50. The molecule has 1 aliphatic heterocycles. The Kier molecular flexibility index (Phi) is 1.02. The van der Waals surface area contributed by atoms with Gasteiger partial charge in [-0.1, -0.05) is 0 Å². The second kappa shape index (κ2) is 1.69. The van der Waals surface area contributed by atoms with Gasteiger partial charge in [-0.15, -0.1) is 0 Å². The molecule has 38 valence electrons. The molecule has 0 saturated heterocycles. The average Bonchev–Trinajstić information content (AvgIpc) is 1.69. The molecule has 2 heteroatoms. The molecule has 2 nitrogen and oxygen atoms in total. The maximum absolute atomic E-state index is 3.00. The third-order valence-corrected chi connectivity index (χ3v) is 0.790. The number of nitrogens with one attached hydrogen (secondary N) is 2. The van der Waals surface area contributed by atoms with Gasteiger partial charge < -0.3 is 10.6 Å². The third-order valence-electron chi connectivity index (χ3n) is 0.790. The van der Waals surface area contributed by atoms with Gasteiger partial charge in [0.2, 0.25) is 0 Å². The summed E-state index contributed by atoms with van der Waals surface area (Å²) in [4.78, 5) is 0. The molecule has 0 amide bonds. The minimum absolute atomic E-state index is 1.14. The fourth-order valence-corrected chi connectivity index (χ4v) is 0.436. The average molecular weight is 96.1 g/mol. The van der Waals surface area contributed by atoms with Crippen LogP contribution in [0.5, 0.6) is 0 Å².